The van der Waals surface area contributed by atoms with Crippen LogP contribution in [0.2, 0.25) is 0 Å². The van der Waals surface area contributed by atoms with Crippen molar-refractivity contribution in [3.8, 4) is 0 Å². The van der Waals surface area contributed by atoms with Gasteiger partial charge >= 0.3 is 15.6 Å². The van der Waals surface area contributed by atoms with Crippen LogP contribution in [0.3, 0.4) is 0 Å². The van der Waals surface area contributed by atoms with E-state index in [1.807, 2.05) is 0 Å². The van der Waals surface area contributed by atoms with E-state index in [9.17, 15) is 21.6 Å². The first kappa shape index (κ1) is 14.1. The number of alkyl halides is 3. The van der Waals surface area contributed by atoms with Gasteiger partial charge in [0, 0.05) is 0 Å². The second-order valence-electron chi connectivity index (χ2n) is 5.40. The van der Waals surface area contributed by atoms with E-state index in [0.717, 1.165) is 25.7 Å². The Bertz CT molecular complexity index is 386. The molecule has 0 N–H and O–H groups in total. The van der Waals surface area contributed by atoms with Crippen molar-refractivity contribution in [2.24, 2.45) is 5.41 Å². The van der Waals surface area contributed by atoms with Gasteiger partial charge in [0.1, 0.15) is 0 Å². The molecule has 18 heavy (non-hydrogen) atoms. The van der Waals surface area contributed by atoms with Crippen LogP contribution in [0.15, 0.2) is 0 Å². The molecule has 0 aromatic rings. The summed E-state index contributed by atoms with van der Waals surface area (Å²) in [4.78, 5) is 0. The third-order valence-corrected chi connectivity index (χ3v) is 5.30. The van der Waals surface area contributed by atoms with E-state index in [1.54, 1.807) is 0 Å². The first-order valence-electron chi connectivity index (χ1n) is 6.24. The van der Waals surface area contributed by atoms with E-state index in [0.29, 0.717) is 12.8 Å². The lowest BCUT2D eigenvalue weighted by Crippen LogP contribution is -2.34. The van der Waals surface area contributed by atoms with E-state index >= 15 is 0 Å². The average molecular weight is 286 g/mol. The summed E-state index contributed by atoms with van der Waals surface area (Å²) in [5.41, 5.74) is -5.06. The first-order valence-corrected chi connectivity index (χ1v) is 7.65. The highest BCUT2D eigenvalue weighted by Gasteiger charge is 2.49. The molecule has 0 saturated heterocycles. The molecular weight excluding hydrogens is 269 g/mol. The third kappa shape index (κ3) is 2.82. The first-order chi connectivity index (χ1) is 8.24. The lowest BCUT2D eigenvalue weighted by Gasteiger charge is -2.36. The minimum Gasteiger partial charge on any atom is -0.260 e. The van der Waals surface area contributed by atoms with Crippen LogP contribution in [0.25, 0.3) is 0 Å². The molecule has 2 aliphatic carbocycles. The Morgan fingerprint density at radius 1 is 1.00 bits per heavy atom. The topological polar surface area (TPSA) is 43.4 Å². The van der Waals surface area contributed by atoms with Crippen molar-refractivity contribution in [3.05, 3.63) is 0 Å². The molecule has 0 heterocycles. The maximum Gasteiger partial charge on any atom is 0.523 e. The smallest absolute Gasteiger partial charge is 0.260 e. The van der Waals surface area contributed by atoms with Crippen molar-refractivity contribution in [1.29, 1.82) is 0 Å². The number of hydrogen-bond acceptors (Lipinski definition) is 3. The second-order valence-corrected chi connectivity index (χ2v) is 6.97. The van der Waals surface area contributed by atoms with Crippen molar-refractivity contribution in [2.75, 3.05) is 0 Å². The molecule has 106 valence electrons. The Kier molecular flexibility index (Phi) is 3.66. The Morgan fingerprint density at radius 2 is 1.50 bits per heavy atom. The second kappa shape index (κ2) is 4.67. The monoisotopic (exact) mass is 286 g/mol. The predicted octanol–water partition coefficient (Wildman–Crippen LogP) is 3.36. The highest BCUT2D eigenvalue weighted by atomic mass is 32.2. The highest BCUT2D eigenvalue weighted by Crippen LogP contribution is 2.49. The molecule has 0 aliphatic heterocycles. The number of hydrogen-bond donors (Lipinski definition) is 0. The van der Waals surface area contributed by atoms with Gasteiger partial charge in [0.25, 0.3) is 0 Å². The quantitative estimate of drug-likeness (QED) is 0.577. The van der Waals surface area contributed by atoms with Crippen molar-refractivity contribution < 1.29 is 25.8 Å². The van der Waals surface area contributed by atoms with Gasteiger partial charge < -0.3 is 0 Å². The molecule has 0 amide bonds. The summed E-state index contributed by atoms with van der Waals surface area (Å²) >= 11 is 0. The van der Waals surface area contributed by atoms with Gasteiger partial charge in [0.15, 0.2) is 0 Å². The molecule has 0 aromatic carbocycles. The van der Waals surface area contributed by atoms with Crippen molar-refractivity contribution >= 4 is 10.1 Å². The molecule has 2 saturated carbocycles. The van der Waals surface area contributed by atoms with E-state index in [2.05, 4.69) is 4.18 Å². The van der Waals surface area contributed by atoms with Gasteiger partial charge in [-0.15, -0.1) is 0 Å². The van der Waals surface area contributed by atoms with Crippen LogP contribution < -0.4 is 0 Å². The van der Waals surface area contributed by atoms with Crippen LogP contribution in [0.4, 0.5) is 13.2 Å². The van der Waals surface area contributed by atoms with Crippen LogP contribution in [0.1, 0.15) is 51.4 Å². The Labute approximate surface area is 105 Å². The fraction of sp³-hybridized carbons (Fsp3) is 1.00. The van der Waals surface area contributed by atoms with Gasteiger partial charge in [0.2, 0.25) is 0 Å². The summed E-state index contributed by atoms with van der Waals surface area (Å²) in [7, 11) is -5.43. The zero-order valence-electron chi connectivity index (χ0n) is 10.0. The van der Waals surface area contributed by atoms with Crippen LogP contribution in [0.5, 0.6) is 0 Å². The van der Waals surface area contributed by atoms with Crippen molar-refractivity contribution in [2.45, 2.75) is 63.0 Å². The van der Waals surface area contributed by atoms with E-state index in [4.69, 9.17) is 0 Å². The van der Waals surface area contributed by atoms with Crippen molar-refractivity contribution in [3.63, 3.8) is 0 Å². The summed E-state index contributed by atoms with van der Waals surface area (Å²) in [5, 5.41) is 0. The normalized spacial score (nSPS) is 25.7. The van der Waals surface area contributed by atoms with E-state index < -0.39 is 21.7 Å². The minimum atomic E-state index is -5.43. The van der Waals surface area contributed by atoms with E-state index in [1.165, 1.54) is 12.8 Å². The predicted molar refractivity (Wildman–Crippen MR) is 59.2 cm³/mol. The van der Waals surface area contributed by atoms with E-state index in [-0.39, 0.29) is 5.41 Å². The molecular formula is C11H17F3O3S. The Morgan fingerprint density at radius 3 is 1.94 bits per heavy atom. The summed E-state index contributed by atoms with van der Waals surface area (Å²) in [5.74, 6) is 0. The number of rotatable bonds is 2. The van der Waals surface area contributed by atoms with Gasteiger partial charge in [-0.25, -0.2) is 0 Å². The molecule has 0 aromatic heterocycles. The maximum atomic E-state index is 12.2. The Hall–Kier alpha value is -0.300. The largest absolute Gasteiger partial charge is 0.523 e. The van der Waals surface area contributed by atoms with Gasteiger partial charge in [-0.2, -0.15) is 21.6 Å². The average Bonchev–Trinajstić information content (AvgIpc) is 2.69. The fourth-order valence-corrected chi connectivity index (χ4v) is 3.82. The summed E-state index contributed by atoms with van der Waals surface area (Å²) < 4.78 is 62.6. The minimum absolute atomic E-state index is 0.252. The summed E-state index contributed by atoms with van der Waals surface area (Å²) in [6.07, 6.45) is 6.17. The standard InChI is InChI=1S/C11H17F3O3S/c12-11(13,14)18(15,16)17-9-3-7-10(8-4-9)5-1-2-6-10/h9H,1-8H2. The van der Waals surface area contributed by atoms with Crippen LogP contribution in [-0.4, -0.2) is 20.0 Å². The zero-order chi connectivity index (χ0) is 13.4. The zero-order valence-corrected chi connectivity index (χ0v) is 10.8. The molecule has 7 heteroatoms. The summed E-state index contributed by atoms with van der Waals surface area (Å²) in [6, 6.07) is 0. The molecule has 0 atom stereocenters. The van der Waals surface area contributed by atoms with Crippen molar-refractivity contribution in [1.82, 2.24) is 0 Å². The number of halogens is 3. The van der Waals surface area contributed by atoms with Crippen LogP contribution in [0, 0.1) is 5.41 Å². The van der Waals surface area contributed by atoms with Gasteiger partial charge in [-0.3, -0.25) is 4.18 Å². The maximum absolute atomic E-state index is 12.2. The highest BCUT2D eigenvalue weighted by molar-refractivity contribution is 7.87. The van der Waals surface area contributed by atoms with Gasteiger partial charge in [-0.1, -0.05) is 12.8 Å². The molecule has 2 rings (SSSR count). The summed E-state index contributed by atoms with van der Waals surface area (Å²) in [6.45, 7) is 0. The Balaban J connectivity index is 1.91. The third-order valence-electron chi connectivity index (χ3n) is 4.20. The fourth-order valence-electron chi connectivity index (χ4n) is 3.16. The molecule has 0 bridgehead atoms. The molecule has 0 radical (unpaired) electrons. The molecule has 2 aliphatic rings. The lowest BCUT2D eigenvalue weighted by atomic mass is 9.72. The lowest BCUT2D eigenvalue weighted by molar-refractivity contribution is -0.0599. The molecule has 2 fully saturated rings. The molecule has 0 unspecified atom stereocenters. The van der Waals surface area contributed by atoms with Gasteiger partial charge in [0.05, 0.1) is 6.10 Å². The molecule has 3 nitrogen and oxygen atoms in total. The van der Waals surface area contributed by atoms with Gasteiger partial charge in [-0.05, 0) is 43.9 Å². The van der Waals surface area contributed by atoms with Crippen LogP contribution >= 0.6 is 0 Å². The molecule has 1 spiro atoms. The van der Waals surface area contributed by atoms with Crippen LogP contribution in [-0.2, 0) is 14.3 Å². The SMILES string of the molecule is O=S(=O)(OC1CCC2(CCCC2)CC1)C(F)(F)F.